The third-order valence-electron chi connectivity index (χ3n) is 1.54. The fourth-order valence-corrected chi connectivity index (χ4v) is 0.980. The van der Waals surface area contributed by atoms with Crippen LogP contribution in [-0.2, 0) is 14.3 Å². The first-order valence-electron chi connectivity index (χ1n) is 4.27. The molecule has 0 unspecified atom stereocenters. The Bertz CT molecular complexity index is 245. The Kier molecular flexibility index (Phi) is 3.49. The molecule has 0 N–H and O–H groups in total. The molecule has 72 valence electrons. The molecular formula is C9H13NO3. The SMILES string of the molecule is C=C1CN=C(CCC(=O)OCC)O1. The van der Waals surface area contributed by atoms with Gasteiger partial charge in [-0.25, -0.2) is 4.99 Å². The van der Waals surface area contributed by atoms with Gasteiger partial charge in [-0.05, 0) is 6.92 Å². The Morgan fingerprint density at radius 2 is 2.54 bits per heavy atom. The zero-order valence-corrected chi connectivity index (χ0v) is 7.71. The van der Waals surface area contributed by atoms with Crippen molar-refractivity contribution in [2.24, 2.45) is 4.99 Å². The lowest BCUT2D eigenvalue weighted by Gasteiger charge is -2.01. The van der Waals surface area contributed by atoms with Gasteiger partial charge < -0.3 is 9.47 Å². The minimum atomic E-state index is -0.216. The second-order valence-corrected chi connectivity index (χ2v) is 2.66. The first-order valence-corrected chi connectivity index (χ1v) is 4.27. The summed E-state index contributed by atoms with van der Waals surface area (Å²) < 4.78 is 9.89. The molecule has 0 saturated carbocycles. The van der Waals surface area contributed by atoms with Crippen molar-refractivity contribution in [1.82, 2.24) is 0 Å². The maximum absolute atomic E-state index is 10.9. The average Bonchev–Trinajstić information content (AvgIpc) is 2.49. The molecular weight excluding hydrogens is 170 g/mol. The van der Waals surface area contributed by atoms with Gasteiger partial charge in [-0.15, -0.1) is 0 Å². The molecule has 13 heavy (non-hydrogen) atoms. The molecule has 0 aromatic heterocycles. The molecule has 0 atom stereocenters. The standard InChI is InChI=1S/C9H13NO3/c1-3-12-9(11)5-4-8-10-6-7(2)13-8/h2-6H2,1H3. The molecule has 4 heteroatoms. The minimum absolute atomic E-state index is 0.216. The van der Waals surface area contributed by atoms with E-state index in [1.807, 2.05) is 0 Å². The molecule has 0 saturated heterocycles. The predicted molar refractivity (Wildman–Crippen MR) is 48.4 cm³/mol. The van der Waals surface area contributed by atoms with Crippen molar-refractivity contribution < 1.29 is 14.3 Å². The molecule has 0 radical (unpaired) electrons. The fourth-order valence-electron chi connectivity index (χ4n) is 0.980. The highest BCUT2D eigenvalue weighted by Crippen LogP contribution is 2.09. The van der Waals surface area contributed by atoms with Gasteiger partial charge >= 0.3 is 5.97 Å². The van der Waals surface area contributed by atoms with Crippen LogP contribution in [0.3, 0.4) is 0 Å². The highest BCUT2D eigenvalue weighted by Gasteiger charge is 2.13. The lowest BCUT2D eigenvalue weighted by atomic mass is 10.3. The number of hydrogen-bond donors (Lipinski definition) is 0. The van der Waals surface area contributed by atoms with Crippen molar-refractivity contribution in [3.05, 3.63) is 12.3 Å². The molecule has 0 spiro atoms. The summed E-state index contributed by atoms with van der Waals surface area (Å²) in [7, 11) is 0. The topological polar surface area (TPSA) is 47.9 Å². The van der Waals surface area contributed by atoms with Crippen molar-refractivity contribution in [1.29, 1.82) is 0 Å². The van der Waals surface area contributed by atoms with Crippen LogP contribution in [0.2, 0.25) is 0 Å². The number of esters is 1. The van der Waals surface area contributed by atoms with Crippen LogP contribution >= 0.6 is 0 Å². The van der Waals surface area contributed by atoms with Gasteiger partial charge in [0.2, 0.25) is 0 Å². The molecule has 1 aliphatic rings. The highest BCUT2D eigenvalue weighted by atomic mass is 16.5. The van der Waals surface area contributed by atoms with E-state index in [1.165, 1.54) is 0 Å². The van der Waals surface area contributed by atoms with E-state index >= 15 is 0 Å². The summed E-state index contributed by atoms with van der Waals surface area (Å²) in [6.07, 6.45) is 0.817. The Hall–Kier alpha value is -1.32. The number of nitrogens with zero attached hydrogens (tertiary/aromatic N) is 1. The Labute approximate surface area is 77.2 Å². The number of aliphatic imine (C=N–C) groups is 1. The largest absolute Gasteiger partial charge is 0.466 e. The summed E-state index contributed by atoms with van der Waals surface area (Å²) in [6.45, 7) is 6.32. The van der Waals surface area contributed by atoms with E-state index < -0.39 is 0 Å². The first-order chi connectivity index (χ1) is 6.22. The van der Waals surface area contributed by atoms with Crippen molar-refractivity contribution in [3.8, 4) is 0 Å². The number of rotatable bonds is 4. The highest BCUT2D eigenvalue weighted by molar-refractivity contribution is 5.83. The molecule has 0 fully saturated rings. The van der Waals surface area contributed by atoms with E-state index in [4.69, 9.17) is 9.47 Å². The lowest BCUT2D eigenvalue weighted by Crippen LogP contribution is -2.07. The zero-order valence-electron chi connectivity index (χ0n) is 7.71. The molecule has 0 aromatic carbocycles. The number of hydrogen-bond acceptors (Lipinski definition) is 4. The maximum Gasteiger partial charge on any atom is 0.306 e. The van der Waals surface area contributed by atoms with Crippen LogP contribution in [-0.4, -0.2) is 25.0 Å². The maximum atomic E-state index is 10.9. The smallest absolute Gasteiger partial charge is 0.306 e. The van der Waals surface area contributed by atoms with Crippen molar-refractivity contribution in [2.45, 2.75) is 19.8 Å². The van der Waals surface area contributed by atoms with Gasteiger partial charge in [0, 0.05) is 6.42 Å². The Morgan fingerprint density at radius 1 is 1.77 bits per heavy atom. The van der Waals surface area contributed by atoms with E-state index in [0.717, 1.165) is 0 Å². The number of carbonyl (C=O) groups excluding carboxylic acids is 1. The third kappa shape index (κ3) is 3.27. The van der Waals surface area contributed by atoms with Crippen LogP contribution in [0.15, 0.2) is 17.3 Å². The number of carbonyl (C=O) groups is 1. The molecule has 0 amide bonds. The minimum Gasteiger partial charge on any atom is -0.466 e. The second-order valence-electron chi connectivity index (χ2n) is 2.66. The van der Waals surface area contributed by atoms with Crippen LogP contribution in [0.25, 0.3) is 0 Å². The third-order valence-corrected chi connectivity index (χ3v) is 1.54. The molecule has 0 aliphatic carbocycles. The van der Waals surface area contributed by atoms with Crippen molar-refractivity contribution >= 4 is 11.9 Å². The van der Waals surface area contributed by atoms with Crippen LogP contribution in [0.5, 0.6) is 0 Å². The summed E-state index contributed by atoms with van der Waals surface area (Å²) in [4.78, 5) is 15.0. The molecule has 4 nitrogen and oxygen atoms in total. The molecule has 0 aromatic rings. The van der Waals surface area contributed by atoms with Crippen molar-refractivity contribution in [3.63, 3.8) is 0 Å². The summed E-state index contributed by atoms with van der Waals surface area (Å²) in [5.41, 5.74) is 0. The summed E-state index contributed by atoms with van der Waals surface area (Å²) >= 11 is 0. The summed E-state index contributed by atoms with van der Waals surface area (Å²) in [5, 5.41) is 0. The van der Waals surface area contributed by atoms with Gasteiger partial charge in [0.25, 0.3) is 0 Å². The lowest BCUT2D eigenvalue weighted by molar-refractivity contribution is -0.142. The van der Waals surface area contributed by atoms with Gasteiger partial charge in [-0.3, -0.25) is 4.79 Å². The Balaban J connectivity index is 2.19. The quantitative estimate of drug-likeness (QED) is 0.617. The van der Waals surface area contributed by atoms with Crippen molar-refractivity contribution in [2.75, 3.05) is 13.2 Å². The molecule has 1 heterocycles. The van der Waals surface area contributed by atoms with E-state index in [1.54, 1.807) is 6.92 Å². The second kappa shape index (κ2) is 4.64. The zero-order chi connectivity index (χ0) is 9.68. The van der Waals surface area contributed by atoms with Crippen LogP contribution < -0.4 is 0 Å². The molecule has 1 aliphatic heterocycles. The van der Waals surface area contributed by atoms with Crippen LogP contribution in [0, 0.1) is 0 Å². The van der Waals surface area contributed by atoms with Crippen LogP contribution in [0.1, 0.15) is 19.8 Å². The van der Waals surface area contributed by atoms with Gasteiger partial charge in [-0.2, -0.15) is 0 Å². The average molecular weight is 183 g/mol. The van der Waals surface area contributed by atoms with E-state index in [9.17, 15) is 4.79 Å². The molecule has 1 rings (SSSR count). The van der Waals surface area contributed by atoms with Gasteiger partial charge in [0.15, 0.2) is 5.90 Å². The number of ether oxygens (including phenoxy) is 2. The summed E-state index contributed by atoms with van der Waals surface area (Å²) in [6, 6.07) is 0. The van der Waals surface area contributed by atoms with Gasteiger partial charge in [-0.1, -0.05) is 6.58 Å². The van der Waals surface area contributed by atoms with Gasteiger partial charge in [0.05, 0.1) is 19.6 Å². The van der Waals surface area contributed by atoms with E-state index in [-0.39, 0.29) is 5.97 Å². The van der Waals surface area contributed by atoms with Crippen LogP contribution in [0.4, 0.5) is 0 Å². The monoisotopic (exact) mass is 183 g/mol. The van der Waals surface area contributed by atoms with Gasteiger partial charge in [0.1, 0.15) is 5.76 Å². The summed E-state index contributed by atoms with van der Waals surface area (Å²) in [5.74, 6) is 1.00. The predicted octanol–water partition coefficient (Wildman–Crippen LogP) is 1.27. The Morgan fingerprint density at radius 3 is 3.08 bits per heavy atom. The first kappa shape index (κ1) is 9.77. The molecule has 0 bridgehead atoms. The fraction of sp³-hybridized carbons (Fsp3) is 0.556. The normalized spacial score (nSPS) is 15.2. The van der Waals surface area contributed by atoms with E-state index in [0.29, 0.717) is 37.7 Å². The van der Waals surface area contributed by atoms with E-state index in [2.05, 4.69) is 11.6 Å².